The molecule has 4 N–H and O–H groups in total. The van der Waals surface area contributed by atoms with Gasteiger partial charge in [0.1, 0.15) is 0 Å². The number of sulfonamides is 1. The number of nitrogens with one attached hydrogen (secondary N) is 2. The Labute approximate surface area is 183 Å². The molecule has 0 radical (unpaired) electrons. The summed E-state index contributed by atoms with van der Waals surface area (Å²) in [5.74, 6) is -0.0771. The Morgan fingerprint density at radius 2 is 1.52 bits per heavy atom. The smallest absolute Gasteiger partial charge is 0.240 e. The summed E-state index contributed by atoms with van der Waals surface area (Å²) < 4.78 is 27.3. The molecule has 0 spiro atoms. The zero-order valence-electron chi connectivity index (χ0n) is 17.9. The van der Waals surface area contributed by atoms with Gasteiger partial charge in [-0.3, -0.25) is 4.79 Å². The quantitative estimate of drug-likeness (QED) is 0.341. The maximum absolute atomic E-state index is 12.4. The molecule has 2 aromatic rings. The number of amides is 1. The molecular weight excluding hydrogens is 416 g/mol. The number of hydrogen-bond donors (Lipinski definition) is 3. The molecule has 0 aliphatic heterocycles. The van der Waals surface area contributed by atoms with Crippen LogP contribution in [0.3, 0.4) is 0 Å². The fourth-order valence-electron chi connectivity index (χ4n) is 2.58. The Balaban J connectivity index is 1.83. The van der Waals surface area contributed by atoms with Crippen LogP contribution in [0.5, 0.6) is 0 Å². The molecular formula is C21H30N6O3S. The highest BCUT2D eigenvalue weighted by Crippen LogP contribution is 2.22. The van der Waals surface area contributed by atoms with Crippen LogP contribution < -0.4 is 20.7 Å². The van der Waals surface area contributed by atoms with Gasteiger partial charge >= 0.3 is 0 Å². The lowest BCUT2D eigenvalue weighted by molar-refractivity contribution is -0.121. The third-order valence-electron chi connectivity index (χ3n) is 4.37. The van der Waals surface area contributed by atoms with Crippen molar-refractivity contribution in [3.05, 3.63) is 48.5 Å². The van der Waals surface area contributed by atoms with Crippen molar-refractivity contribution in [2.45, 2.75) is 24.2 Å². The molecule has 0 saturated heterocycles. The van der Waals surface area contributed by atoms with E-state index >= 15 is 0 Å². The normalized spacial score (nSPS) is 11.6. The third kappa shape index (κ3) is 8.44. The Kier molecular flexibility index (Phi) is 9.57. The second-order valence-corrected chi connectivity index (χ2v) is 8.87. The molecule has 0 aliphatic carbocycles. The number of rotatable bonds is 12. The van der Waals surface area contributed by atoms with Crippen LogP contribution in [-0.2, 0) is 14.8 Å². The second kappa shape index (κ2) is 12.1. The third-order valence-corrected chi connectivity index (χ3v) is 5.85. The van der Waals surface area contributed by atoms with Gasteiger partial charge in [-0.25, -0.2) is 13.1 Å². The van der Waals surface area contributed by atoms with Crippen molar-refractivity contribution in [2.24, 2.45) is 16.0 Å². The first-order valence-corrected chi connectivity index (χ1v) is 11.6. The van der Waals surface area contributed by atoms with Crippen molar-refractivity contribution < 1.29 is 13.2 Å². The summed E-state index contributed by atoms with van der Waals surface area (Å²) >= 11 is 0. The molecule has 31 heavy (non-hydrogen) atoms. The molecule has 2 aromatic carbocycles. The number of azo groups is 1. The van der Waals surface area contributed by atoms with Gasteiger partial charge < -0.3 is 16.0 Å². The van der Waals surface area contributed by atoms with E-state index < -0.39 is 10.0 Å². The van der Waals surface area contributed by atoms with Crippen molar-refractivity contribution in [2.75, 3.05) is 38.6 Å². The van der Waals surface area contributed by atoms with E-state index in [1.165, 1.54) is 12.1 Å². The molecule has 2 rings (SSSR count). The maximum Gasteiger partial charge on any atom is 0.240 e. The zero-order valence-corrected chi connectivity index (χ0v) is 18.7. The van der Waals surface area contributed by atoms with Gasteiger partial charge in [0.25, 0.3) is 0 Å². The maximum atomic E-state index is 12.4. The SMILES string of the molecule is CN(C)c1ccc(N=Nc2ccc(S(=O)(=O)NCCCNC(=O)CCCN)cc2)cc1. The Morgan fingerprint density at radius 3 is 2.06 bits per heavy atom. The van der Waals surface area contributed by atoms with Gasteiger partial charge in [0.15, 0.2) is 0 Å². The van der Waals surface area contributed by atoms with Gasteiger partial charge in [-0.05, 0) is 67.9 Å². The monoisotopic (exact) mass is 446 g/mol. The van der Waals surface area contributed by atoms with Crippen LogP contribution >= 0.6 is 0 Å². The molecule has 1 amide bonds. The second-order valence-electron chi connectivity index (χ2n) is 7.10. The molecule has 0 fully saturated rings. The van der Waals surface area contributed by atoms with Crippen molar-refractivity contribution in [1.82, 2.24) is 10.0 Å². The van der Waals surface area contributed by atoms with E-state index in [0.717, 1.165) is 5.69 Å². The van der Waals surface area contributed by atoms with E-state index in [2.05, 4.69) is 20.3 Å². The van der Waals surface area contributed by atoms with Gasteiger partial charge in [0.2, 0.25) is 15.9 Å². The van der Waals surface area contributed by atoms with Gasteiger partial charge in [0.05, 0.1) is 16.3 Å². The summed E-state index contributed by atoms with van der Waals surface area (Å²) in [6.07, 6.45) is 1.51. The van der Waals surface area contributed by atoms with Crippen molar-refractivity contribution >= 4 is 33.0 Å². The van der Waals surface area contributed by atoms with E-state index in [9.17, 15) is 13.2 Å². The first kappa shape index (κ1) is 24.4. The minimum atomic E-state index is -3.63. The van der Waals surface area contributed by atoms with Crippen LogP contribution in [-0.4, -0.2) is 48.1 Å². The number of benzene rings is 2. The summed E-state index contributed by atoms with van der Waals surface area (Å²) in [4.78, 5) is 13.6. The number of hydrogen-bond acceptors (Lipinski definition) is 7. The zero-order chi connectivity index (χ0) is 22.7. The van der Waals surface area contributed by atoms with E-state index in [-0.39, 0.29) is 17.3 Å². The predicted octanol–water partition coefficient (Wildman–Crippen LogP) is 2.69. The molecule has 0 atom stereocenters. The number of nitrogens with two attached hydrogens (primary N) is 1. The van der Waals surface area contributed by atoms with Crippen LogP contribution in [0.15, 0.2) is 63.7 Å². The highest BCUT2D eigenvalue weighted by Gasteiger charge is 2.13. The molecule has 0 heterocycles. The summed E-state index contributed by atoms with van der Waals surface area (Å²) in [6.45, 7) is 1.10. The number of carbonyl (C=O) groups excluding carboxylic acids is 1. The van der Waals surface area contributed by atoms with E-state index in [1.54, 1.807) is 12.1 Å². The van der Waals surface area contributed by atoms with E-state index in [4.69, 9.17) is 5.73 Å². The van der Waals surface area contributed by atoms with Crippen LogP contribution in [0.2, 0.25) is 0 Å². The minimum absolute atomic E-state index is 0.0771. The van der Waals surface area contributed by atoms with Crippen LogP contribution in [0.4, 0.5) is 17.1 Å². The average Bonchev–Trinajstić information content (AvgIpc) is 2.76. The van der Waals surface area contributed by atoms with Crippen LogP contribution in [0.1, 0.15) is 19.3 Å². The molecule has 0 aliphatic rings. The molecule has 0 bridgehead atoms. The lowest BCUT2D eigenvalue weighted by Crippen LogP contribution is -2.30. The van der Waals surface area contributed by atoms with Gasteiger partial charge in [-0.2, -0.15) is 10.2 Å². The first-order chi connectivity index (χ1) is 14.8. The Morgan fingerprint density at radius 1 is 0.935 bits per heavy atom. The molecule has 10 heteroatoms. The summed E-state index contributed by atoms with van der Waals surface area (Å²) in [7, 11) is 0.296. The summed E-state index contributed by atoms with van der Waals surface area (Å²) in [5.41, 5.74) is 7.68. The average molecular weight is 447 g/mol. The summed E-state index contributed by atoms with van der Waals surface area (Å²) in [5, 5.41) is 11.1. The first-order valence-electron chi connectivity index (χ1n) is 10.1. The van der Waals surface area contributed by atoms with Crippen LogP contribution in [0.25, 0.3) is 0 Å². The minimum Gasteiger partial charge on any atom is -0.378 e. The van der Waals surface area contributed by atoms with E-state index in [0.29, 0.717) is 43.7 Å². The van der Waals surface area contributed by atoms with E-state index in [1.807, 2.05) is 43.3 Å². The number of nitrogens with zero attached hydrogens (tertiary/aromatic N) is 3. The predicted molar refractivity (Wildman–Crippen MR) is 122 cm³/mol. The lowest BCUT2D eigenvalue weighted by Gasteiger charge is -2.11. The van der Waals surface area contributed by atoms with Gasteiger partial charge in [-0.15, -0.1) is 0 Å². The lowest BCUT2D eigenvalue weighted by atomic mass is 10.3. The Bertz CT molecular complexity index is 958. The van der Waals surface area contributed by atoms with Gasteiger partial charge in [0, 0.05) is 39.3 Å². The molecule has 168 valence electrons. The number of carbonyl (C=O) groups is 1. The van der Waals surface area contributed by atoms with Crippen LogP contribution in [0, 0.1) is 0 Å². The molecule has 9 nitrogen and oxygen atoms in total. The van der Waals surface area contributed by atoms with Crippen molar-refractivity contribution in [1.29, 1.82) is 0 Å². The highest BCUT2D eigenvalue weighted by atomic mass is 32.2. The molecule has 0 aromatic heterocycles. The summed E-state index contributed by atoms with van der Waals surface area (Å²) in [6, 6.07) is 13.8. The topological polar surface area (TPSA) is 129 Å². The van der Waals surface area contributed by atoms with Crippen molar-refractivity contribution in [3.63, 3.8) is 0 Å². The molecule has 0 unspecified atom stereocenters. The fourth-order valence-corrected chi connectivity index (χ4v) is 3.66. The number of anilines is 1. The largest absolute Gasteiger partial charge is 0.378 e. The Hall–Kier alpha value is -2.82. The molecule has 0 saturated carbocycles. The fraction of sp³-hybridized carbons (Fsp3) is 0.381. The highest BCUT2D eigenvalue weighted by molar-refractivity contribution is 7.89. The van der Waals surface area contributed by atoms with Crippen molar-refractivity contribution in [3.8, 4) is 0 Å². The van der Waals surface area contributed by atoms with Gasteiger partial charge in [-0.1, -0.05) is 0 Å². The standard InChI is InChI=1S/C21H30N6O3S/c1-27(2)19-10-6-17(7-11-19)25-26-18-8-12-20(13-9-18)31(29,30)24-16-4-15-23-21(28)5-3-14-22/h6-13,24H,3-5,14-16,22H2,1-2H3,(H,23,28).